The molecule has 2 fully saturated rings. The standard InChI is InChI=1S/C8H13NO2/c1-11-7-5-8(10)9-4-2-3-6(7)9/h6-7H,2-5H2,1H3. The zero-order chi connectivity index (χ0) is 7.84. The highest BCUT2D eigenvalue weighted by Gasteiger charge is 2.42. The number of ether oxygens (including phenoxy) is 1. The third-order valence-corrected chi connectivity index (χ3v) is 2.73. The molecule has 2 atom stereocenters. The van der Waals surface area contributed by atoms with Crippen molar-refractivity contribution in [1.29, 1.82) is 0 Å². The molecule has 0 bridgehead atoms. The van der Waals surface area contributed by atoms with E-state index in [0.29, 0.717) is 12.5 Å². The molecule has 2 heterocycles. The van der Waals surface area contributed by atoms with Gasteiger partial charge in [-0.2, -0.15) is 0 Å². The first-order valence-electron chi connectivity index (χ1n) is 4.15. The minimum atomic E-state index is 0.171. The molecule has 0 aromatic heterocycles. The molecule has 0 aromatic carbocycles. The Bertz CT molecular complexity index is 181. The SMILES string of the molecule is COC1CC(=O)N2CCCC12. The molecule has 2 aliphatic heterocycles. The predicted octanol–water partition coefficient (Wildman–Crippen LogP) is 0.396. The predicted molar refractivity (Wildman–Crippen MR) is 40.1 cm³/mol. The molecule has 2 unspecified atom stereocenters. The second kappa shape index (κ2) is 2.48. The lowest BCUT2D eigenvalue weighted by Crippen LogP contribution is -2.31. The summed E-state index contributed by atoms with van der Waals surface area (Å²) in [5.74, 6) is 0.277. The molecule has 3 heteroatoms. The Hall–Kier alpha value is -0.570. The minimum absolute atomic E-state index is 0.171. The average Bonchev–Trinajstić information content (AvgIpc) is 2.54. The summed E-state index contributed by atoms with van der Waals surface area (Å²) in [6, 6.07) is 0.396. The lowest BCUT2D eigenvalue weighted by Gasteiger charge is -2.18. The highest BCUT2D eigenvalue weighted by molar-refractivity contribution is 5.80. The van der Waals surface area contributed by atoms with Gasteiger partial charge in [0.1, 0.15) is 0 Å². The van der Waals surface area contributed by atoms with E-state index in [2.05, 4.69) is 0 Å². The fourth-order valence-electron chi connectivity index (χ4n) is 2.15. The maximum Gasteiger partial charge on any atom is 0.225 e. The highest BCUT2D eigenvalue weighted by Crippen LogP contribution is 2.30. The number of nitrogens with zero attached hydrogens (tertiary/aromatic N) is 1. The van der Waals surface area contributed by atoms with Gasteiger partial charge >= 0.3 is 0 Å². The zero-order valence-electron chi connectivity index (χ0n) is 6.75. The van der Waals surface area contributed by atoms with Gasteiger partial charge in [0.25, 0.3) is 0 Å². The molecule has 1 amide bonds. The summed E-state index contributed by atoms with van der Waals surface area (Å²) in [5, 5.41) is 0. The van der Waals surface area contributed by atoms with Crippen LogP contribution in [0, 0.1) is 0 Å². The Morgan fingerprint density at radius 1 is 1.64 bits per heavy atom. The smallest absolute Gasteiger partial charge is 0.225 e. The molecular weight excluding hydrogens is 142 g/mol. The molecule has 2 rings (SSSR count). The number of rotatable bonds is 1. The van der Waals surface area contributed by atoms with Crippen LogP contribution in [0.2, 0.25) is 0 Å². The first-order valence-corrected chi connectivity index (χ1v) is 4.15. The molecule has 3 nitrogen and oxygen atoms in total. The van der Waals surface area contributed by atoms with Gasteiger partial charge in [-0.05, 0) is 12.8 Å². The molecule has 0 saturated carbocycles. The van der Waals surface area contributed by atoms with Gasteiger partial charge < -0.3 is 9.64 Å². The van der Waals surface area contributed by atoms with Crippen molar-refractivity contribution in [2.45, 2.75) is 31.4 Å². The van der Waals surface area contributed by atoms with Crippen LogP contribution in [0.15, 0.2) is 0 Å². The van der Waals surface area contributed by atoms with Gasteiger partial charge in [0.15, 0.2) is 0 Å². The quantitative estimate of drug-likeness (QED) is 0.548. The van der Waals surface area contributed by atoms with Crippen molar-refractivity contribution in [1.82, 2.24) is 4.90 Å². The molecule has 0 spiro atoms. The lowest BCUT2D eigenvalue weighted by molar-refractivity contribution is -0.127. The van der Waals surface area contributed by atoms with Crippen LogP contribution in [-0.2, 0) is 9.53 Å². The van der Waals surface area contributed by atoms with Crippen LogP contribution in [0.25, 0.3) is 0 Å². The van der Waals surface area contributed by atoms with Crippen molar-refractivity contribution in [2.24, 2.45) is 0 Å². The number of hydrogen-bond donors (Lipinski definition) is 0. The Balaban J connectivity index is 2.13. The van der Waals surface area contributed by atoms with E-state index >= 15 is 0 Å². The molecule has 0 N–H and O–H groups in total. The van der Waals surface area contributed by atoms with Crippen LogP contribution in [-0.4, -0.2) is 36.6 Å². The third-order valence-electron chi connectivity index (χ3n) is 2.73. The maximum atomic E-state index is 11.3. The van der Waals surface area contributed by atoms with Gasteiger partial charge in [-0.25, -0.2) is 0 Å². The minimum Gasteiger partial charge on any atom is -0.379 e. The molecule has 2 saturated heterocycles. The second-order valence-corrected chi connectivity index (χ2v) is 3.27. The summed E-state index contributed by atoms with van der Waals surface area (Å²) in [4.78, 5) is 13.2. The van der Waals surface area contributed by atoms with E-state index in [1.807, 2.05) is 4.90 Å². The molecule has 0 aliphatic carbocycles. The van der Waals surface area contributed by atoms with E-state index < -0.39 is 0 Å². The van der Waals surface area contributed by atoms with Crippen molar-refractivity contribution in [3.63, 3.8) is 0 Å². The molecule has 0 radical (unpaired) electrons. The van der Waals surface area contributed by atoms with Gasteiger partial charge in [0, 0.05) is 13.7 Å². The fourth-order valence-corrected chi connectivity index (χ4v) is 2.15. The van der Waals surface area contributed by atoms with Gasteiger partial charge in [-0.1, -0.05) is 0 Å². The van der Waals surface area contributed by atoms with E-state index in [9.17, 15) is 4.79 Å². The van der Waals surface area contributed by atoms with Crippen LogP contribution >= 0.6 is 0 Å². The summed E-state index contributed by atoms with van der Waals surface area (Å²) < 4.78 is 5.23. The van der Waals surface area contributed by atoms with E-state index in [4.69, 9.17) is 4.74 Å². The fraction of sp³-hybridized carbons (Fsp3) is 0.875. The third kappa shape index (κ3) is 0.948. The van der Waals surface area contributed by atoms with Crippen LogP contribution in [0.5, 0.6) is 0 Å². The van der Waals surface area contributed by atoms with Crippen molar-refractivity contribution < 1.29 is 9.53 Å². The Morgan fingerprint density at radius 3 is 3.18 bits per heavy atom. The Kier molecular flexibility index (Phi) is 1.60. The number of hydrogen-bond acceptors (Lipinski definition) is 2. The summed E-state index contributed by atoms with van der Waals surface area (Å²) in [5.41, 5.74) is 0. The van der Waals surface area contributed by atoms with Gasteiger partial charge in [0.2, 0.25) is 5.91 Å². The van der Waals surface area contributed by atoms with E-state index in [1.54, 1.807) is 7.11 Å². The molecule has 0 aromatic rings. The highest BCUT2D eigenvalue weighted by atomic mass is 16.5. The van der Waals surface area contributed by atoms with Crippen molar-refractivity contribution in [2.75, 3.05) is 13.7 Å². The maximum absolute atomic E-state index is 11.3. The topological polar surface area (TPSA) is 29.5 Å². The zero-order valence-corrected chi connectivity index (χ0v) is 6.75. The van der Waals surface area contributed by atoms with Gasteiger partial charge in [0.05, 0.1) is 18.6 Å². The summed E-state index contributed by atoms with van der Waals surface area (Å²) >= 11 is 0. The lowest BCUT2D eigenvalue weighted by atomic mass is 10.1. The number of fused-ring (bicyclic) bond motifs is 1. The van der Waals surface area contributed by atoms with Gasteiger partial charge in [-0.15, -0.1) is 0 Å². The van der Waals surface area contributed by atoms with Crippen LogP contribution in [0.3, 0.4) is 0 Å². The second-order valence-electron chi connectivity index (χ2n) is 3.27. The summed E-state index contributed by atoms with van der Waals surface area (Å²) in [6.07, 6.45) is 3.05. The molecule has 11 heavy (non-hydrogen) atoms. The van der Waals surface area contributed by atoms with Gasteiger partial charge in [-0.3, -0.25) is 4.79 Å². The number of amides is 1. The van der Waals surface area contributed by atoms with Crippen LogP contribution in [0.4, 0.5) is 0 Å². The molecule has 2 aliphatic rings. The number of carbonyl (C=O) groups excluding carboxylic acids is 1. The first-order chi connectivity index (χ1) is 5.33. The molecular formula is C8H13NO2. The summed E-state index contributed by atoms with van der Waals surface area (Å²) in [6.45, 7) is 0.948. The van der Waals surface area contributed by atoms with Crippen molar-refractivity contribution in [3.8, 4) is 0 Å². The Morgan fingerprint density at radius 2 is 2.45 bits per heavy atom. The van der Waals surface area contributed by atoms with Crippen molar-refractivity contribution >= 4 is 5.91 Å². The summed E-state index contributed by atoms with van der Waals surface area (Å²) in [7, 11) is 1.69. The number of carbonyl (C=O) groups is 1. The van der Waals surface area contributed by atoms with Crippen LogP contribution in [0.1, 0.15) is 19.3 Å². The van der Waals surface area contributed by atoms with Crippen LogP contribution < -0.4 is 0 Å². The average molecular weight is 155 g/mol. The number of methoxy groups -OCH3 is 1. The van der Waals surface area contributed by atoms with E-state index in [1.165, 1.54) is 0 Å². The van der Waals surface area contributed by atoms with Crippen molar-refractivity contribution in [3.05, 3.63) is 0 Å². The van der Waals surface area contributed by atoms with E-state index in [-0.39, 0.29) is 12.0 Å². The monoisotopic (exact) mass is 155 g/mol. The largest absolute Gasteiger partial charge is 0.379 e. The molecule has 62 valence electrons. The first kappa shape index (κ1) is 7.10. The van der Waals surface area contributed by atoms with E-state index in [0.717, 1.165) is 19.4 Å². The normalized spacial score (nSPS) is 36.5. The Labute approximate surface area is 66.3 Å².